The molecule has 29 nitrogen and oxygen atoms in total. The summed E-state index contributed by atoms with van der Waals surface area (Å²) < 4.78 is 59.0. The first-order valence-electron chi connectivity index (χ1n) is 19.4. The van der Waals surface area contributed by atoms with Gasteiger partial charge in [-0.15, -0.1) is 0 Å². The van der Waals surface area contributed by atoms with Crippen LogP contribution in [0.1, 0.15) is 0 Å². The quantitative estimate of drug-likeness (QED) is 0.0449. The predicted octanol–water partition coefficient (Wildman–Crippen LogP) is -10.5. The van der Waals surface area contributed by atoms with Gasteiger partial charge in [0.25, 0.3) is 24.8 Å². The van der Waals surface area contributed by atoms with E-state index in [9.17, 15) is 80.5 Å². The second kappa shape index (κ2) is 24.5. The highest BCUT2D eigenvalue weighted by Gasteiger charge is 2.58. The maximum absolute atomic E-state index is 13.9. The minimum absolute atomic E-state index is 0.111. The molecule has 0 bridgehead atoms. The lowest BCUT2D eigenvalue weighted by Crippen LogP contribution is -2.69. The van der Waals surface area contributed by atoms with Gasteiger partial charge in [0, 0.05) is 40.4 Å². The van der Waals surface area contributed by atoms with Crippen LogP contribution in [0.25, 0.3) is 0 Å². The molecule has 0 aromatic heterocycles. The molecule has 29 heteroatoms. The van der Waals surface area contributed by atoms with E-state index in [1.54, 1.807) is 0 Å². The Hall–Kier alpha value is -2.96. The standard InChI is InChI=1S/C34H56N2O27/c1-53-21-13(43)18(48)30(60-25(21)27(51)35(3-7-37)4-8-38)59-24-16(46)20(50)32(63-34(24)56-12-42)57-22-14(44)19(49)31(61-26(22)28(52)36(5-9-39)6-10-40)58-23-15(45)17(47)29(54-2)62-33(23)55-11-41/h11-26,29-34,37-40,43-50H,3-10H2,1-2H3. The first-order chi connectivity index (χ1) is 30.1. The molecular formula is C34H56N2O27. The molecule has 4 fully saturated rings. The molecule has 4 saturated heterocycles. The van der Waals surface area contributed by atoms with Crippen molar-refractivity contribution in [1.82, 2.24) is 9.80 Å². The summed E-state index contributed by atoms with van der Waals surface area (Å²) in [4.78, 5) is 52.0. The summed E-state index contributed by atoms with van der Waals surface area (Å²) in [6.45, 7) is -4.27. The van der Waals surface area contributed by atoms with Gasteiger partial charge in [-0.25, -0.2) is 0 Å². The monoisotopic (exact) mass is 924 g/mol. The fourth-order valence-electron chi connectivity index (χ4n) is 7.22. The third kappa shape index (κ3) is 11.9. The zero-order valence-corrected chi connectivity index (χ0v) is 33.7. The first kappa shape index (κ1) is 52.7. The largest absolute Gasteiger partial charge is 0.435 e. The lowest BCUT2D eigenvalue weighted by atomic mass is 9.96. The van der Waals surface area contributed by atoms with E-state index in [1.165, 1.54) is 0 Å². The van der Waals surface area contributed by atoms with Crippen molar-refractivity contribution in [1.29, 1.82) is 0 Å². The number of carbonyl (C=O) groups excluding carboxylic acids is 4. The second-order valence-electron chi connectivity index (χ2n) is 14.3. The molecule has 2 amide bonds. The Kier molecular flexibility index (Phi) is 20.5. The van der Waals surface area contributed by atoms with Crippen LogP contribution in [0, 0.1) is 0 Å². The van der Waals surface area contributed by atoms with Crippen LogP contribution in [0.15, 0.2) is 0 Å². The fraction of sp³-hybridized carbons (Fsp3) is 0.882. The number of aliphatic hydroxyl groups is 12. The third-order valence-corrected chi connectivity index (χ3v) is 10.4. The molecule has 12 N–H and O–H groups in total. The van der Waals surface area contributed by atoms with Gasteiger partial charge in [-0.2, -0.15) is 0 Å². The summed E-state index contributed by atoms with van der Waals surface area (Å²) in [7, 11) is 2.16. The molecule has 20 atom stereocenters. The molecule has 20 unspecified atom stereocenters. The van der Waals surface area contributed by atoms with Crippen molar-refractivity contribution < 1.29 is 133 Å². The topological polar surface area (TPSA) is 419 Å². The van der Waals surface area contributed by atoms with Crippen molar-refractivity contribution in [3.8, 4) is 0 Å². The summed E-state index contributed by atoms with van der Waals surface area (Å²) >= 11 is 0. The van der Waals surface area contributed by atoms with Crippen molar-refractivity contribution in [3.63, 3.8) is 0 Å². The van der Waals surface area contributed by atoms with E-state index >= 15 is 0 Å². The van der Waals surface area contributed by atoms with Crippen LogP contribution in [-0.2, 0) is 71.3 Å². The molecule has 0 spiro atoms. The van der Waals surface area contributed by atoms with Gasteiger partial charge in [-0.05, 0) is 0 Å². The lowest BCUT2D eigenvalue weighted by Gasteiger charge is -2.49. The van der Waals surface area contributed by atoms with E-state index in [-0.39, 0.29) is 26.0 Å². The van der Waals surface area contributed by atoms with Crippen molar-refractivity contribution in [2.75, 3.05) is 66.8 Å². The highest BCUT2D eigenvalue weighted by molar-refractivity contribution is 5.82. The normalized spacial score (nSPS) is 40.7. The van der Waals surface area contributed by atoms with E-state index in [1.807, 2.05) is 0 Å². The summed E-state index contributed by atoms with van der Waals surface area (Å²) in [6, 6.07) is 0. The zero-order valence-electron chi connectivity index (χ0n) is 33.7. The molecule has 0 radical (unpaired) electrons. The van der Waals surface area contributed by atoms with Crippen LogP contribution in [-0.4, -0.2) is 286 Å². The van der Waals surface area contributed by atoms with E-state index in [0.717, 1.165) is 24.0 Å². The molecule has 4 aliphatic rings. The second-order valence-corrected chi connectivity index (χ2v) is 14.3. The molecule has 364 valence electrons. The van der Waals surface area contributed by atoms with E-state index < -0.39 is 175 Å². The van der Waals surface area contributed by atoms with Crippen LogP contribution in [0.2, 0.25) is 0 Å². The van der Waals surface area contributed by atoms with Crippen molar-refractivity contribution in [2.24, 2.45) is 0 Å². The number of amides is 2. The number of carbonyl (C=O) groups is 4. The lowest BCUT2D eigenvalue weighted by molar-refractivity contribution is -0.403. The summed E-state index contributed by atoms with van der Waals surface area (Å²) in [6.07, 6.45) is -40.8. The first-order valence-corrected chi connectivity index (χ1v) is 19.4. The average molecular weight is 925 g/mol. The Labute approximate surface area is 357 Å². The van der Waals surface area contributed by atoms with Crippen molar-refractivity contribution in [3.05, 3.63) is 0 Å². The Morgan fingerprint density at radius 2 is 0.762 bits per heavy atom. The molecule has 0 saturated carbocycles. The number of rotatable bonds is 22. The number of hydrogen-bond acceptors (Lipinski definition) is 27. The predicted molar refractivity (Wildman–Crippen MR) is 191 cm³/mol. The summed E-state index contributed by atoms with van der Waals surface area (Å²) in [5.41, 5.74) is 0. The number of ether oxygens (including phenoxy) is 11. The number of aliphatic hydroxyl groups excluding tert-OH is 12. The van der Waals surface area contributed by atoms with Gasteiger partial charge in [0.15, 0.2) is 49.6 Å². The van der Waals surface area contributed by atoms with Crippen molar-refractivity contribution in [2.45, 2.75) is 123 Å². The zero-order chi connectivity index (χ0) is 46.7. The molecule has 0 aromatic carbocycles. The Bertz CT molecular complexity index is 1430. The highest BCUT2D eigenvalue weighted by Crippen LogP contribution is 2.35. The highest BCUT2D eigenvalue weighted by atomic mass is 16.8. The Balaban J connectivity index is 1.62. The van der Waals surface area contributed by atoms with Gasteiger partial charge in [-0.1, -0.05) is 0 Å². The van der Waals surface area contributed by atoms with E-state index in [0.29, 0.717) is 0 Å². The SMILES string of the molecule is COC1OC(OC=O)C(OC2OC(C(=O)N(CCO)CCO)C(OC3OC(OC=O)C(OC4OC(C(=O)N(CCO)CCO)C(OC)C(O)C4O)C(O)C3O)C(O)C2O)C(O)C1O. The van der Waals surface area contributed by atoms with Gasteiger partial charge in [-0.3, -0.25) is 19.2 Å². The number of methoxy groups -OCH3 is 2. The van der Waals surface area contributed by atoms with Crippen molar-refractivity contribution >= 4 is 24.8 Å². The minimum Gasteiger partial charge on any atom is -0.435 e. The summed E-state index contributed by atoms with van der Waals surface area (Å²) in [5.74, 6) is -2.12. The van der Waals surface area contributed by atoms with E-state index in [2.05, 4.69) is 0 Å². The van der Waals surface area contributed by atoms with Gasteiger partial charge < -0.3 is 123 Å². The van der Waals surface area contributed by atoms with Gasteiger partial charge in [0.1, 0.15) is 61.0 Å². The van der Waals surface area contributed by atoms with Gasteiger partial charge >= 0.3 is 0 Å². The Morgan fingerprint density at radius 1 is 0.444 bits per heavy atom. The number of hydrogen-bond donors (Lipinski definition) is 12. The van der Waals surface area contributed by atoms with Crippen LogP contribution < -0.4 is 0 Å². The summed E-state index contributed by atoms with van der Waals surface area (Å²) in [5, 5.41) is 127. The Morgan fingerprint density at radius 3 is 1.13 bits per heavy atom. The number of nitrogens with zero attached hydrogens (tertiary/aromatic N) is 2. The maximum atomic E-state index is 13.9. The molecule has 0 aliphatic carbocycles. The molecule has 4 aliphatic heterocycles. The minimum atomic E-state index is -2.33. The van der Waals surface area contributed by atoms with Crippen LogP contribution in [0.5, 0.6) is 0 Å². The smallest absolute Gasteiger partial charge is 0.295 e. The van der Waals surface area contributed by atoms with Gasteiger partial charge in [0.05, 0.1) is 26.4 Å². The molecule has 4 heterocycles. The van der Waals surface area contributed by atoms with Crippen LogP contribution >= 0.6 is 0 Å². The maximum Gasteiger partial charge on any atom is 0.295 e. The average Bonchev–Trinajstić information content (AvgIpc) is 3.26. The molecule has 63 heavy (non-hydrogen) atoms. The van der Waals surface area contributed by atoms with E-state index in [4.69, 9.17) is 52.1 Å². The van der Waals surface area contributed by atoms with Crippen LogP contribution in [0.4, 0.5) is 0 Å². The molecule has 4 rings (SSSR count). The third-order valence-electron chi connectivity index (χ3n) is 10.4. The molecule has 0 aromatic rings. The molecular weight excluding hydrogens is 868 g/mol. The van der Waals surface area contributed by atoms with Gasteiger partial charge in [0.2, 0.25) is 12.6 Å². The fourth-order valence-corrected chi connectivity index (χ4v) is 7.22. The van der Waals surface area contributed by atoms with Crippen LogP contribution in [0.3, 0.4) is 0 Å².